The van der Waals surface area contributed by atoms with Crippen LogP contribution in [0.15, 0.2) is 42.5 Å². The second-order valence-electron chi connectivity index (χ2n) is 6.65. The van der Waals surface area contributed by atoms with Gasteiger partial charge in [0.15, 0.2) is 11.5 Å². The molecule has 0 radical (unpaired) electrons. The fraction of sp³-hybridized carbons (Fsp3) is 0.364. The van der Waals surface area contributed by atoms with E-state index >= 15 is 0 Å². The molecule has 0 spiro atoms. The van der Waals surface area contributed by atoms with Crippen LogP contribution in [0.3, 0.4) is 0 Å². The Hall–Kier alpha value is -3.02. The molecule has 6 nitrogen and oxygen atoms in total. The molecule has 0 saturated heterocycles. The van der Waals surface area contributed by atoms with Gasteiger partial charge in [0.2, 0.25) is 0 Å². The molecule has 1 N–H and O–H groups in total. The average molecular weight is 382 g/mol. The van der Waals surface area contributed by atoms with Crippen LogP contribution in [0, 0.1) is 0 Å². The SMILES string of the molecule is CCCCCCOc1c(OC)cccc1-c1nc2ccccc2n1CC(=O)O. The Kier molecular flexibility index (Phi) is 6.53. The van der Waals surface area contributed by atoms with Crippen LogP contribution in [0.25, 0.3) is 22.4 Å². The first kappa shape index (κ1) is 19.7. The lowest BCUT2D eigenvalue weighted by atomic mass is 10.1. The number of carboxylic acid groups (broad SMARTS) is 1. The summed E-state index contributed by atoms with van der Waals surface area (Å²) >= 11 is 0. The minimum absolute atomic E-state index is 0.178. The number of hydrogen-bond acceptors (Lipinski definition) is 4. The van der Waals surface area contributed by atoms with Crippen molar-refractivity contribution in [3.8, 4) is 22.9 Å². The van der Waals surface area contributed by atoms with Crippen molar-refractivity contribution >= 4 is 17.0 Å². The molecule has 6 heteroatoms. The first-order valence-electron chi connectivity index (χ1n) is 9.63. The van der Waals surface area contributed by atoms with E-state index in [1.165, 1.54) is 12.8 Å². The molecule has 0 bridgehead atoms. The topological polar surface area (TPSA) is 73.6 Å². The molecule has 0 unspecified atom stereocenters. The second-order valence-corrected chi connectivity index (χ2v) is 6.65. The third-order valence-electron chi connectivity index (χ3n) is 4.63. The number of hydrogen-bond donors (Lipinski definition) is 1. The van der Waals surface area contributed by atoms with Crippen molar-refractivity contribution in [2.24, 2.45) is 0 Å². The van der Waals surface area contributed by atoms with Gasteiger partial charge in [-0.05, 0) is 30.7 Å². The fourth-order valence-corrected chi connectivity index (χ4v) is 3.28. The zero-order valence-electron chi connectivity index (χ0n) is 16.4. The molecule has 0 atom stereocenters. The van der Waals surface area contributed by atoms with E-state index in [2.05, 4.69) is 6.92 Å². The van der Waals surface area contributed by atoms with E-state index in [4.69, 9.17) is 14.5 Å². The van der Waals surface area contributed by atoms with Gasteiger partial charge in [-0.25, -0.2) is 4.98 Å². The van der Waals surface area contributed by atoms with Gasteiger partial charge in [0.05, 0.1) is 30.3 Å². The summed E-state index contributed by atoms with van der Waals surface area (Å²) in [5.74, 6) is 0.853. The predicted molar refractivity (Wildman–Crippen MR) is 109 cm³/mol. The molecule has 0 saturated carbocycles. The van der Waals surface area contributed by atoms with Crippen LogP contribution < -0.4 is 9.47 Å². The number of methoxy groups -OCH3 is 1. The molecule has 0 aliphatic heterocycles. The van der Waals surface area contributed by atoms with Gasteiger partial charge in [-0.2, -0.15) is 0 Å². The standard InChI is InChI=1S/C22H26N2O4/c1-3-4-5-8-14-28-21-16(10-9-13-19(21)27-2)22-23-17-11-6-7-12-18(17)24(22)15-20(25)26/h6-7,9-13H,3-5,8,14-15H2,1-2H3,(H,25,26). The van der Waals surface area contributed by atoms with Crippen molar-refractivity contribution in [1.29, 1.82) is 0 Å². The summed E-state index contributed by atoms with van der Waals surface area (Å²) in [4.78, 5) is 16.2. The van der Waals surface area contributed by atoms with Gasteiger partial charge in [0.25, 0.3) is 0 Å². The zero-order chi connectivity index (χ0) is 19.9. The van der Waals surface area contributed by atoms with E-state index in [0.717, 1.165) is 29.4 Å². The summed E-state index contributed by atoms with van der Waals surface area (Å²) < 4.78 is 13.3. The molecular weight excluding hydrogens is 356 g/mol. The maximum Gasteiger partial charge on any atom is 0.323 e. The molecular formula is C22H26N2O4. The minimum atomic E-state index is -0.922. The first-order chi connectivity index (χ1) is 13.7. The zero-order valence-corrected chi connectivity index (χ0v) is 16.4. The quantitative estimate of drug-likeness (QED) is 0.512. The van der Waals surface area contributed by atoms with Crippen molar-refractivity contribution < 1.29 is 19.4 Å². The van der Waals surface area contributed by atoms with Crippen LogP contribution >= 0.6 is 0 Å². The van der Waals surface area contributed by atoms with Gasteiger partial charge in [-0.15, -0.1) is 0 Å². The molecule has 28 heavy (non-hydrogen) atoms. The molecule has 1 heterocycles. The lowest BCUT2D eigenvalue weighted by molar-refractivity contribution is -0.137. The summed E-state index contributed by atoms with van der Waals surface area (Å²) in [6.07, 6.45) is 4.41. The fourth-order valence-electron chi connectivity index (χ4n) is 3.28. The average Bonchev–Trinajstić information content (AvgIpc) is 3.05. The van der Waals surface area contributed by atoms with Gasteiger partial charge in [-0.3, -0.25) is 4.79 Å². The van der Waals surface area contributed by atoms with Gasteiger partial charge in [0.1, 0.15) is 12.4 Å². The summed E-state index contributed by atoms with van der Waals surface area (Å²) in [6.45, 7) is 2.57. The normalized spacial score (nSPS) is 10.9. The number of rotatable bonds is 10. The van der Waals surface area contributed by atoms with Crippen molar-refractivity contribution in [3.63, 3.8) is 0 Å². The van der Waals surface area contributed by atoms with Crippen molar-refractivity contribution in [3.05, 3.63) is 42.5 Å². The van der Waals surface area contributed by atoms with E-state index in [1.807, 2.05) is 42.5 Å². The molecule has 3 rings (SSSR count). The highest BCUT2D eigenvalue weighted by Gasteiger charge is 2.20. The van der Waals surface area contributed by atoms with Crippen molar-refractivity contribution in [2.75, 3.05) is 13.7 Å². The summed E-state index contributed by atoms with van der Waals surface area (Å²) in [6, 6.07) is 13.1. The predicted octanol–water partition coefficient (Wildman–Crippen LogP) is 4.76. The van der Waals surface area contributed by atoms with Crippen LogP contribution in [-0.4, -0.2) is 34.3 Å². The van der Waals surface area contributed by atoms with Crippen LogP contribution in [-0.2, 0) is 11.3 Å². The van der Waals surface area contributed by atoms with E-state index in [0.29, 0.717) is 23.9 Å². The minimum Gasteiger partial charge on any atom is -0.493 e. The number of para-hydroxylation sites is 3. The maximum absolute atomic E-state index is 11.5. The lowest BCUT2D eigenvalue weighted by Crippen LogP contribution is -2.11. The Morgan fingerprint density at radius 1 is 1.11 bits per heavy atom. The summed E-state index contributed by atoms with van der Waals surface area (Å²) in [5.41, 5.74) is 2.25. The molecule has 148 valence electrons. The van der Waals surface area contributed by atoms with Gasteiger partial charge >= 0.3 is 5.97 Å². The van der Waals surface area contributed by atoms with Crippen LogP contribution in [0.5, 0.6) is 11.5 Å². The van der Waals surface area contributed by atoms with Crippen molar-refractivity contribution in [1.82, 2.24) is 9.55 Å². The molecule has 0 fully saturated rings. The van der Waals surface area contributed by atoms with Gasteiger partial charge < -0.3 is 19.1 Å². The third kappa shape index (κ3) is 4.27. The summed E-state index contributed by atoms with van der Waals surface area (Å²) in [5, 5.41) is 9.41. The highest BCUT2D eigenvalue weighted by Crippen LogP contribution is 2.39. The Morgan fingerprint density at radius 3 is 2.68 bits per heavy atom. The monoisotopic (exact) mass is 382 g/mol. The van der Waals surface area contributed by atoms with E-state index in [-0.39, 0.29) is 6.54 Å². The number of carbonyl (C=O) groups is 1. The molecule has 1 aromatic heterocycles. The van der Waals surface area contributed by atoms with E-state index in [9.17, 15) is 9.90 Å². The van der Waals surface area contributed by atoms with Gasteiger partial charge in [0, 0.05) is 0 Å². The second kappa shape index (κ2) is 9.26. The Morgan fingerprint density at radius 2 is 1.93 bits per heavy atom. The number of aromatic nitrogens is 2. The van der Waals surface area contributed by atoms with Crippen molar-refractivity contribution in [2.45, 2.75) is 39.2 Å². The van der Waals surface area contributed by atoms with Crippen LogP contribution in [0.1, 0.15) is 32.6 Å². The number of imidazole rings is 1. The number of carboxylic acids is 1. The Bertz CT molecular complexity index is 949. The van der Waals surface area contributed by atoms with Gasteiger partial charge in [-0.1, -0.05) is 44.4 Å². The van der Waals surface area contributed by atoms with Crippen LogP contribution in [0.2, 0.25) is 0 Å². The number of nitrogens with zero attached hydrogens (tertiary/aromatic N) is 2. The molecule has 0 aliphatic carbocycles. The molecule has 2 aromatic carbocycles. The number of ether oxygens (including phenoxy) is 2. The first-order valence-corrected chi connectivity index (χ1v) is 9.63. The lowest BCUT2D eigenvalue weighted by Gasteiger charge is -2.15. The molecule has 0 amide bonds. The highest BCUT2D eigenvalue weighted by molar-refractivity contribution is 5.84. The summed E-state index contributed by atoms with van der Waals surface area (Å²) in [7, 11) is 1.60. The smallest absolute Gasteiger partial charge is 0.323 e. The Balaban J connectivity index is 2.04. The van der Waals surface area contributed by atoms with Crippen LogP contribution in [0.4, 0.5) is 0 Å². The third-order valence-corrected chi connectivity index (χ3v) is 4.63. The number of fused-ring (bicyclic) bond motifs is 1. The molecule has 3 aromatic rings. The Labute approximate surface area is 164 Å². The number of unbranched alkanes of at least 4 members (excludes halogenated alkanes) is 3. The molecule has 0 aliphatic rings. The highest BCUT2D eigenvalue weighted by atomic mass is 16.5. The van der Waals surface area contributed by atoms with E-state index in [1.54, 1.807) is 11.7 Å². The van der Waals surface area contributed by atoms with E-state index < -0.39 is 5.97 Å². The largest absolute Gasteiger partial charge is 0.493 e. The maximum atomic E-state index is 11.5. The number of aliphatic carboxylic acids is 1. The number of benzene rings is 2.